The van der Waals surface area contributed by atoms with Gasteiger partial charge in [-0.05, 0) is 40.8 Å². The van der Waals surface area contributed by atoms with Gasteiger partial charge in [-0.15, -0.1) is 0 Å². The summed E-state index contributed by atoms with van der Waals surface area (Å²) in [6.07, 6.45) is 0. The Balaban J connectivity index is 1.61. The van der Waals surface area contributed by atoms with Crippen LogP contribution in [0, 0.1) is 0 Å². The average Bonchev–Trinajstić information content (AvgIpc) is 3.09. The van der Waals surface area contributed by atoms with Crippen molar-refractivity contribution in [1.29, 1.82) is 0 Å². The summed E-state index contributed by atoms with van der Waals surface area (Å²) in [4.78, 5) is 4.83. The number of benzene rings is 3. The fraction of sp³-hybridized carbons (Fsp3) is 0.269. The Morgan fingerprint density at radius 2 is 1.60 bits per heavy atom. The van der Waals surface area contributed by atoms with Crippen LogP contribution in [0.25, 0.3) is 11.0 Å². The van der Waals surface area contributed by atoms with Crippen LogP contribution in [0.4, 0.5) is 0 Å². The molecule has 4 nitrogen and oxygen atoms in total. The van der Waals surface area contributed by atoms with Gasteiger partial charge in [0.25, 0.3) is 0 Å². The van der Waals surface area contributed by atoms with E-state index in [1.807, 2.05) is 36.4 Å². The van der Waals surface area contributed by atoms with E-state index >= 15 is 0 Å². The van der Waals surface area contributed by atoms with Crippen LogP contribution in [0.15, 0.2) is 72.8 Å². The highest BCUT2D eigenvalue weighted by atomic mass is 16.5. The molecule has 1 aromatic heterocycles. The highest BCUT2D eigenvalue weighted by Gasteiger charge is 2.15. The van der Waals surface area contributed by atoms with E-state index in [0.29, 0.717) is 6.61 Å². The fourth-order valence-corrected chi connectivity index (χ4v) is 3.54. The van der Waals surface area contributed by atoms with Crippen molar-refractivity contribution in [2.24, 2.45) is 0 Å². The Morgan fingerprint density at radius 1 is 0.867 bits per heavy atom. The molecule has 0 spiro atoms. The first kappa shape index (κ1) is 20.0. The Labute approximate surface area is 178 Å². The lowest BCUT2D eigenvalue weighted by Crippen LogP contribution is -2.11. The third-order valence-corrected chi connectivity index (χ3v) is 5.30. The smallest absolute Gasteiger partial charge is 0.148 e. The van der Waals surface area contributed by atoms with E-state index in [1.165, 1.54) is 11.1 Å². The van der Waals surface area contributed by atoms with Gasteiger partial charge in [-0.2, -0.15) is 0 Å². The van der Waals surface area contributed by atoms with Crippen LogP contribution in [0.3, 0.4) is 0 Å². The zero-order chi connectivity index (χ0) is 21.1. The molecular weight excluding hydrogens is 372 g/mol. The van der Waals surface area contributed by atoms with E-state index in [9.17, 15) is 0 Å². The van der Waals surface area contributed by atoms with E-state index in [4.69, 9.17) is 14.5 Å². The van der Waals surface area contributed by atoms with E-state index in [1.54, 1.807) is 7.11 Å². The van der Waals surface area contributed by atoms with Crippen molar-refractivity contribution in [3.63, 3.8) is 0 Å². The quantitative estimate of drug-likeness (QED) is 0.400. The van der Waals surface area contributed by atoms with Crippen LogP contribution in [-0.4, -0.2) is 16.7 Å². The third-order valence-electron chi connectivity index (χ3n) is 5.30. The number of para-hydroxylation sites is 2. The largest absolute Gasteiger partial charge is 0.497 e. The van der Waals surface area contributed by atoms with E-state index < -0.39 is 0 Å². The Kier molecular flexibility index (Phi) is 5.49. The summed E-state index contributed by atoms with van der Waals surface area (Å²) >= 11 is 0. The molecule has 3 aromatic carbocycles. The normalized spacial score (nSPS) is 11.6. The van der Waals surface area contributed by atoms with Crippen molar-refractivity contribution in [2.45, 2.75) is 39.3 Å². The molecule has 0 bridgehead atoms. The van der Waals surface area contributed by atoms with Gasteiger partial charge >= 0.3 is 0 Å². The summed E-state index contributed by atoms with van der Waals surface area (Å²) in [5, 5.41) is 0. The van der Waals surface area contributed by atoms with Gasteiger partial charge < -0.3 is 14.0 Å². The number of hydrogen-bond acceptors (Lipinski definition) is 3. The first-order valence-corrected chi connectivity index (χ1v) is 10.2. The highest BCUT2D eigenvalue weighted by Crippen LogP contribution is 2.25. The van der Waals surface area contributed by atoms with Crippen molar-refractivity contribution in [1.82, 2.24) is 9.55 Å². The second kappa shape index (κ2) is 8.23. The molecule has 4 heteroatoms. The molecule has 0 saturated carbocycles. The molecule has 1 heterocycles. The topological polar surface area (TPSA) is 36.3 Å². The van der Waals surface area contributed by atoms with E-state index in [-0.39, 0.29) is 5.41 Å². The minimum Gasteiger partial charge on any atom is -0.497 e. The van der Waals surface area contributed by atoms with Crippen LogP contribution >= 0.6 is 0 Å². The number of fused-ring (bicyclic) bond motifs is 1. The molecule has 0 N–H and O–H groups in total. The second-order valence-corrected chi connectivity index (χ2v) is 8.52. The summed E-state index contributed by atoms with van der Waals surface area (Å²) in [7, 11) is 1.66. The van der Waals surface area contributed by atoms with Gasteiger partial charge in [-0.3, -0.25) is 0 Å². The fourth-order valence-electron chi connectivity index (χ4n) is 3.54. The van der Waals surface area contributed by atoms with Crippen molar-refractivity contribution in [2.75, 3.05) is 7.11 Å². The van der Waals surface area contributed by atoms with Gasteiger partial charge in [-0.1, -0.05) is 63.2 Å². The van der Waals surface area contributed by atoms with Crippen LogP contribution < -0.4 is 9.47 Å². The average molecular weight is 401 g/mol. The molecule has 0 saturated heterocycles. The number of ether oxygens (including phenoxy) is 2. The maximum absolute atomic E-state index is 6.04. The molecule has 0 fully saturated rings. The summed E-state index contributed by atoms with van der Waals surface area (Å²) in [6.45, 7) is 7.85. The molecule has 0 atom stereocenters. The van der Waals surface area contributed by atoms with Crippen LogP contribution in [0.5, 0.6) is 11.5 Å². The van der Waals surface area contributed by atoms with Gasteiger partial charge in [-0.25, -0.2) is 4.98 Å². The molecule has 0 aliphatic rings. The number of hydrogen-bond donors (Lipinski definition) is 0. The van der Waals surface area contributed by atoms with Gasteiger partial charge in [0.05, 0.1) is 18.1 Å². The van der Waals surface area contributed by atoms with Gasteiger partial charge in [0, 0.05) is 12.6 Å². The first-order chi connectivity index (χ1) is 14.4. The summed E-state index contributed by atoms with van der Waals surface area (Å²) in [5.41, 5.74) is 4.82. The number of nitrogens with zero attached hydrogens (tertiary/aromatic N) is 2. The Hall–Kier alpha value is -3.27. The van der Waals surface area contributed by atoms with E-state index in [0.717, 1.165) is 34.9 Å². The zero-order valence-corrected chi connectivity index (χ0v) is 18.1. The lowest BCUT2D eigenvalue weighted by atomic mass is 9.87. The standard InChI is InChI=1S/C26H28N2O2/c1-26(2,3)20-14-12-19(13-15-20)17-28-24-11-6-5-10-23(24)27-25(28)18-30-22-9-7-8-21(16-22)29-4/h5-16H,17-18H2,1-4H3. The molecule has 0 radical (unpaired) electrons. The molecule has 0 unspecified atom stereocenters. The highest BCUT2D eigenvalue weighted by molar-refractivity contribution is 5.76. The zero-order valence-electron chi connectivity index (χ0n) is 18.1. The monoisotopic (exact) mass is 400 g/mol. The first-order valence-electron chi connectivity index (χ1n) is 10.2. The molecule has 30 heavy (non-hydrogen) atoms. The maximum Gasteiger partial charge on any atom is 0.148 e. The number of methoxy groups -OCH3 is 1. The minimum absolute atomic E-state index is 0.149. The predicted octanol–water partition coefficient (Wildman–Crippen LogP) is 5.97. The van der Waals surface area contributed by atoms with Gasteiger partial charge in [0.2, 0.25) is 0 Å². The molecule has 4 rings (SSSR count). The lowest BCUT2D eigenvalue weighted by Gasteiger charge is -2.19. The molecule has 4 aromatic rings. The summed E-state index contributed by atoms with van der Waals surface area (Å²) in [6, 6.07) is 24.7. The SMILES string of the molecule is COc1cccc(OCc2nc3ccccc3n2Cc2ccc(C(C)(C)C)cc2)c1. The Morgan fingerprint density at radius 3 is 2.33 bits per heavy atom. The summed E-state index contributed by atoms with van der Waals surface area (Å²) < 4.78 is 13.6. The van der Waals surface area contributed by atoms with Crippen LogP contribution in [0.1, 0.15) is 37.7 Å². The predicted molar refractivity (Wildman–Crippen MR) is 121 cm³/mol. The van der Waals surface area contributed by atoms with Crippen molar-refractivity contribution >= 4 is 11.0 Å². The van der Waals surface area contributed by atoms with Gasteiger partial charge in [0.1, 0.15) is 23.9 Å². The van der Waals surface area contributed by atoms with Crippen LogP contribution in [0.2, 0.25) is 0 Å². The summed E-state index contributed by atoms with van der Waals surface area (Å²) in [5.74, 6) is 2.45. The number of rotatable bonds is 6. The maximum atomic E-state index is 6.04. The van der Waals surface area contributed by atoms with Crippen LogP contribution in [-0.2, 0) is 18.6 Å². The van der Waals surface area contributed by atoms with Crippen molar-refractivity contribution < 1.29 is 9.47 Å². The molecular formula is C26H28N2O2. The van der Waals surface area contributed by atoms with Gasteiger partial charge in [0.15, 0.2) is 0 Å². The molecule has 154 valence electrons. The molecule has 0 aliphatic heterocycles. The van der Waals surface area contributed by atoms with E-state index in [2.05, 4.69) is 61.7 Å². The molecule has 0 aliphatic carbocycles. The second-order valence-electron chi connectivity index (χ2n) is 8.52. The lowest BCUT2D eigenvalue weighted by molar-refractivity contribution is 0.289. The van der Waals surface area contributed by atoms with Crippen molar-refractivity contribution in [3.8, 4) is 11.5 Å². The number of aromatic nitrogens is 2. The minimum atomic E-state index is 0.149. The third kappa shape index (κ3) is 4.33. The van der Waals surface area contributed by atoms with Crippen molar-refractivity contribution in [3.05, 3.63) is 89.7 Å². The number of imidazole rings is 1. The molecule has 0 amide bonds. The Bertz CT molecular complexity index is 1140.